The van der Waals surface area contributed by atoms with Crippen LogP contribution in [0.1, 0.15) is 10.4 Å². The fraction of sp³-hybridized carbons (Fsp3) is 0. The maximum absolute atomic E-state index is 10.7. The number of hydrogen-bond acceptors (Lipinski definition) is 4. The number of benzene rings is 1. The third kappa shape index (κ3) is 2.96. The molecule has 7 heteroatoms. The number of aromatic carboxylic acids is 1. The molecule has 18 heavy (non-hydrogen) atoms. The lowest BCUT2D eigenvalue weighted by molar-refractivity contribution is 0.0697. The van der Waals surface area contributed by atoms with Crippen molar-refractivity contribution in [3.8, 4) is 11.8 Å². The Balaban J connectivity index is 2.24. The van der Waals surface area contributed by atoms with Gasteiger partial charge in [-0.25, -0.2) is 14.8 Å². The number of aromatic nitrogens is 2. The normalized spacial score (nSPS) is 10.1. The van der Waals surface area contributed by atoms with Crippen LogP contribution < -0.4 is 4.74 Å². The van der Waals surface area contributed by atoms with Crippen LogP contribution in [0.5, 0.6) is 11.8 Å². The summed E-state index contributed by atoms with van der Waals surface area (Å²) in [5, 5.41) is 8.97. The molecular weight excluding hydrogens is 323 g/mol. The maximum Gasteiger partial charge on any atom is 0.335 e. The van der Waals surface area contributed by atoms with Gasteiger partial charge >= 0.3 is 12.0 Å². The van der Waals surface area contributed by atoms with E-state index in [0.717, 1.165) is 4.47 Å². The van der Waals surface area contributed by atoms with Gasteiger partial charge in [0, 0.05) is 12.4 Å². The first-order valence-electron chi connectivity index (χ1n) is 4.74. The van der Waals surface area contributed by atoms with E-state index in [1.54, 1.807) is 0 Å². The second kappa shape index (κ2) is 5.32. The Labute approximate surface area is 116 Å². The molecule has 0 unspecified atom stereocenters. The standard InChI is InChI=1S/C11H6BrClN2O3/c12-7-4-14-11(15-5-7)18-9-2-1-6(10(16)17)3-8(9)13/h1-5H,(H,16,17). The van der Waals surface area contributed by atoms with Crippen LogP contribution in [0.2, 0.25) is 5.02 Å². The lowest BCUT2D eigenvalue weighted by Crippen LogP contribution is -1.97. The molecule has 0 aliphatic rings. The van der Waals surface area contributed by atoms with E-state index in [0.29, 0.717) is 5.75 Å². The van der Waals surface area contributed by atoms with Crippen LogP contribution in [0.15, 0.2) is 35.1 Å². The quantitative estimate of drug-likeness (QED) is 0.934. The predicted octanol–water partition coefficient (Wildman–Crippen LogP) is 3.38. The van der Waals surface area contributed by atoms with Gasteiger partial charge < -0.3 is 9.84 Å². The zero-order chi connectivity index (χ0) is 13.1. The Morgan fingerprint density at radius 1 is 1.33 bits per heavy atom. The first kappa shape index (κ1) is 12.8. The van der Waals surface area contributed by atoms with Gasteiger partial charge in [0.05, 0.1) is 15.1 Å². The summed E-state index contributed by atoms with van der Waals surface area (Å²) in [6.07, 6.45) is 3.06. The summed E-state index contributed by atoms with van der Waals surface area (Å²) in [5.74, 6) is -0.757. The number of carboxylic acid groups (broad SMARTS) is 1. The molecule has 0 fully saturated rings. The third-order valence-electron chi connectivity index (χ3n) is 1.98. The molecule has 0 amide bonds. The highest BCUT2D eigenvalue weighted by Crippen LogP contribution is 2.28. The average Bonchev–Trinajstić information content (AvgIpc) is 2.34. The summed E-state index contributed by atoms with van der Waals surface area (Å²) in [7, 11) is 0. The third-order valence-corrected chi connectivity index (χ3v) is 2.68. The van der Waals surface area contributed by atoms with Crippen molar-refractivity contribution in [3.05, 3.63) is 45.7 Å². The molecule has 2 rings (SSSR count). The lowest BCUT2D eigenvalue weighted by atomic mass is 10.2. The molecule has 0 saturated carbocycles. The number of rotatable bonds is 3. The van der Waals surface area contributed by atoms with E-state index in [4.69, 9.17) is 21.4 Å². The summed E-state index contributed by atoms with van der Waals surface area (Å²) in [6, 6.07) is 4.28. The Kier molecular flexibility index (Phi) is 3.78. The maximum atomic E-state index is 10.7. The summed E-state index contributed by atoms with van der Waals surface area (Å²) in [6.45, 7) is 0. The van der Waals surface area contributed by atoms with Crippen LogP contribution in [0.3, 0.4) is 0 Å². The zero-order valence-corrected chi connectivity index (χ0v) is 11.1. The molecule has 0 bridgehead atoms. The molecule has 0 atom stereocenters. The van der Waals surface area contributed by atoms with Crippen LogP contribution in [0, 0.1) is 0 Å². The second-order valence-electron chi connectivity index (χ2n) is 3.24. The van der Waals surface area contributed by atoms with E-state index in [9.17, 15) is 4.79 Å². The second-order valence-corrected chi connectivity index (χ2v) is 4.56. The molecule has 0 spiro atoms. The van der Waals surface area contributed by atoms with Crippen LogP contribution in [0.25, 0.3) is 0 Å². The van der Waals surface area contributed by atoms with Crippen molar-refractivity contribution in [3.63, 3.8) is 0 Å². The molecule has 92 valence electrons. The highest BCUT2D eigenvalue weighted by molar-refractivity contribution is 9.10. The monoisotopic (exact) mass is 328 g/mol. The SMILES string of the molecule is O=C(O)c1ccc(Oc2ncc(Br)cn2)c(Cl)c1. The minimum atomic E-state index is -1.05. The van der Waals surface area contributed by atoms with E-state index in [1.807, 2.05) is 0 Å². The molecule has 1 aromatic heterocycles. The largest absolute Gasteiger partial charge is 0.478 e. The Morgan fingerprint density at radius 3 is 2.56 bits per heavy atom. The summed E-state index contributed by atoms with van der Waals surface area (Å²) >= 11 is 9.10. The van der Waals surface area contributed by atoms with Gasteiger partial charge in [-0.1, -0.05) is 11.6 Å². The molecule has 1 N–H and O–H groups in total. The topological polar surface area (TPSA) is 72.3 Å². The summed E-state index contributed by atoms with van der Waals surface area (Å²) in [5.41, 5.74) is 0.0871. The predicted molar refractivity (Wildman–Crippen MR) is 68.2 cm³/mol. The molecule has 1 aromatic carbocycles. The van der Waals surface area contributed by atoms with Crippen LogP contribution in [-0.2, 0) is 0 Å². The van der Waals surface area contributed by atoms with Gasteiger partial charge in [-0.05, 0) is 34.1 Å². The van der Waals surface area contributed by atoms with E-state index >= 15 is 0 Å². The van der Waals surface area contributed by atoms with Gasteiger partial charge in [-0.2, -0.15) is 0 Å². The van der Waals surface area contributed by atoms with Gasteiger partial charge in [-0.3, -0.25) is 0 Å². The van der Waals surface area contributed by atoms with E-state index in [2.05, 4.69) is 25.9 Å². The first-order chi connectivity index (χ1) is 8.56. The van der Waals surface area contributed by atoms with E-state index in [-0.39, 0.29) is 16.6 Å². The molecule has 0 saturated heterocycles. The number of carbonyl (C=O) groups is 1. The number of halogens is 2. The van der Waals surface area contributed by atoms with Gasteiger partial charge in [0.25, 0.3) is 0 Å². The molecule has 1 heterocycles. The summed E-state index contributed by atoms with van der Waals surface area (Å²) < 4.78 is 6.06. The van der Waals surface area contributed by atoms with Crippen molar-refractivity contribution in [2.24, 2.45) is 0 Å². The number of carboxylic acids is 1. The van der Waals surface area contributed by atoms with E-state index < -0.39 is 5.97 Å². The minimum Gasteiger partial charge on any atom is -0.478 e. The Morgan fingerprint density at radius 2 is 2.00 bits per heavy atom. The van der Waals surface area contributed by atoms with Crippen LogP contribution in [-0.4, -0.2) is 21.0 Å². The molecule has 2 aromatic rings. The molecule has 0 aliphatic heterocycles. The number of hydrogen-bond donors (Lipinski definition) is 1. The van der Waals surface area contributed by atoms with Gasteiger partial charge in [-0.15, -0.1) is 0 Å². The number of nitrogens with zero attached hydrogens (tertiary/aromatic N) is 2. The van der Waals surface area contributed by atoms with E-state index in [1.165, 1.54) is 30.6 Å². The van der Waals surface area contributed by atoms with Gasteiger partial charge in [0.15, 0.2) is 0 Å². The van der Waals surface area contributed by atoms with Crippen LogP contribution in [0.4, 0.5) is 0 Å². The molecular formula is C11H6BrClN2O3. The van der Waals surface area contributed by atoms with Crippen molar-refractivity contribution >= 4 is 33.5 Å². The Hall–Kier alpha value is -1.66. The average molecular weight is 330 g/mol. The van der Waals surface area contributed by atoms with Crippen molar-refractivity contribution < 1.29 is 14.6 Å². The van der Waals surface area contributed by atoms with Crippen LogP contribution >= 0.6 is 27.5 Å². The number of ether oxygens (including phenoxy) is 1. The molecule has 5 nitrogen and oxygen atoms in total. The Bertz CT molecular complexity index is 589. The molecule has 0 aliphatic carbocycles. The zero-order valence-electron chi connectivity index (χ0n) is 8.80. The van der Waals surface area contributed by atoms with Crippen molar-refractivity contribution in [1.82, 2.24) is 9.97 Å². The smallest absolute Gasteiger partial charge is 0.335 e. The highest BCUT2D eigenvalue weighted by atomic mass is 79.9. The fourth-order valence-electron chi connectivity index (χ4n) is 1.17. The summed E-state index contributed by atoms with van der Waals surface area (Å²) in [4.78, 5) is 18.6. The molecule has 0 radical (unpaired) electrons. The minimum absolute atomic E-state index is 0.0871. The van der Waals surface area contributed by atoms with Crippen molar-refractivity contribution in [1.29, 1.82) is 0 Å². The van der Waals surface area contributed by atoms with Crippen molar-refractivity contribution in [2.45, 2.75) is 0 Å². The first-order valence-corrected chi connectivity index (χ1v) is 5.91. The fourth-order valence-corrected chi connectivity index (χ4v) is 1.59. The highest BCUT2D eigenvalue weighted by Gasteiger charge is 2.09. The van der Waals surface area contributed by atoms with Gasteiger partial charge in [0.1, 0.15) is 5.75 Å². The lowest BCUT2D eigenvalue weighted by Gasteiger charge is -2.06. The van der Waals surface area contributed by atoms with Crippen molar-refractivity contribution in [2.75, 3.05) is 0 Å². The van der Waals surface area contributed by atoms with Gasteiger partial charge in [0.2, 0.25) is 0 Å².